The monoisotopic (exact) mass is 419 g/mol. The Labute approximate surface area is 137 Å². The maximum atomic E-state index is 13.5. The number of halogens is 3. The average Bonchev–Trinajstić information content (AvgIpc) is 2.28. The molecule has 0 saturated heterocycles. The summed E-state index contributed by atoms with van der Waals surface area (Å²) in [6.45, 7) is 1.63. The summed E-state index contributed by atoms with van der Waals surface area (Å²) in [5.74, 6) is -1.38. The molecule has 0 aliphatic rings. The lowest BCUT2D eigenvalue weighted by Crippen LogP contribution is -2.36. The molecule has 10 heteroatoms. The van der Waals surface area contributed by atoms with Crippen LogP contribution in [0, 0.1) is 5.82 Å². The Kier molecular flexibility index (Phi) is 6.33. The van der Waals surface area contributed by atoms with Gasteiger partial charge in [-0.15, -0.1) is 0 Å². The molecule has 1 aromatic rings. The lowest BCUT2D eigenvalue weighted by atomic mass is 10.2. The number of hydrogen-bond donors (Lipinski definition) is 1. The molecule has 0 radical (unpaired) electrons. The predicted molar refractivity (Wildman–Crippen MR) is 83.0 cm³/mol. The molecule has 2 unspecified atom stereocenters. The Bertz CT molecular complexity index is 696. The highest BCUT2D eigenvalue weighted by Crippen LogP contribution is 2.29. The first-order valence-corrected chi connectivity index (χ1v) is 10.4. The van der Waals surface area contributed by atoms with Crippen LogP contribution in [0.5, 0.6) is 0 Å². The zero-order valence-corrected chi connectivity index (χ0v) is 15.0. The molecule has 0 aliphatic carbocycles. The molecule has 0 saturated carbocycles. The third-order valence-corrected chi connectivity index (χ3v) is 5.81. The van der Waals surface area contributed by atoms with Crippen molar-refractivity contribution in [3.05, 3.63) is 28.0 Å². The van der Waals surface area contributed by atoms with Gasteiger partial charge in [0.05, 0.1) is 10.0 Å². The zero-order valence-electron chi connectivity index (χ0n) is 11.0. The van der Waals surface area contributed by atoms with Crippen molar-refractivity contribution in [2.24, 2.45) is 0 Å². The van der Waals surface area contributed by atoms with E-state index in [1.54, 1.807) is 6.92 Å². The van der Waals surface area contributed by atoms with Crippen LogP contribution in [-0.2, 0) is 19.9 Å². The van der Waals surface area contributed by atoms with E-state index in [0.717, 1.165) is 6.07 Å². The van der Waals surface area contributed by atoms with Crippen molar-refractivity contribution in [1.29, 1.82) is 0 Å². The minimum Gasteiger partial charge on any atom is -0.349 e. The largest absolute Gasteiger partial charge is 0.349 e. The van der Waals surface area contributed by atoms with Gasteiger partial charge in [0.1, 0.15) is 10.7 Å². The lowest BCUT2D eigenvalue weighted by Gasteiger charge is -2.14. The second kappa shape index (κ2) is 7.17. The summed E-state index contributed by atoms with van der Waals surface area (Å²) in [5, 5.41) is 2.51. The van der Waals surface area contributed by atoms with E-state index in [2.05, 4.69) is 21.2 Å². The smallest absolute Gasteiger partial charge is 0.262 e. The molecule has 0 aromatic heterocycles. The standard InChI is InChI=1S/C11H12BrClFNO4S2/c1-6(5-20(2)17)15-11(16)8-3-7(14)4-9(10(8)12)21(13,18)19/h3-4,6H,5H2,1-2H3,(H,15,16). The molecular weight excluding hydrogens is 409 g/mol. The van der Waals surface area contributed by atoms with Crippen LogP contribution < -0.4 is 5.32 Å². The normalized spacial score (nSPS) is 14.5. The molecule has 21 heavy (non-hydrogen) atoms. The van der Waals surface area contributed by atoms with Gasteiger partial charge in [-0.05, 0) is 35.0 Å². The van der Waals surface area contributed by atoms with Crippen LogP contribution in [0.1, 0.15) is 17.3 Å². The second-order valence-corrected chi connectivity index (χ2v) is 9.12. The number of carbonyl (C=O) groups excluding carboxylic acids is 1. The molecule has 1 N–H and O–H groups in total. The van der Waals surface area contributed by atoms with E-state index >= 15 is 0 Å². The van der Waals surface area contributed by atoms with E-state index in [9.17, 15) is 21.8 Å². The van der Waals surface area contributed by atoms with Crippen LogP contribution in [0.4, 0.5) is 4.39 Å². The molecule has 2 atom stereocenters. The highest BCUT2D eigenvalue weighted by molar-refractivity contribution is 9.10. The van der Waals surface area contributed by atoms with Gasteiger partial charge in [-0.3, -0.25) is 9.00 Å². The molecule has 0 heterocycles. The molecule has 5 nitrogen and oxygen atoms in total. The van der Waals surface area contributed by atoms with E-state index in [1.165, 1.54) is 6.26 Å². The minimum atomic E-state index is -4.20. The third kappa shape index (κ3) is 5.32. The minimum absolute atomic E-state index is 0.124. The van der Waals surface area contributed by atoms with Crippen molar-refractivity contribution >= 4 is 52.4 Å². The molecule has 1 aromatic carbocycles. The topological polar surface area (TPSA) is 80.3 Å². The molecule has 0 spiro atoms. The maximum absolute atomic E-state index is 13.5. The van der Waals surface area contributed by atoms with Gasteiger partial charge in [-0.1, -0.05) is 0 Å². The van der Waals surface area contributed by atoms with Gasteiger partial charge in [0.2, 0.25) is 0 Å². The van der Waals surface area contributed by atoms with Gasteiger partial charge in [0.25, 0.3) is 15.0 Å². The molecule has 0 bridgehead atoms. The van der Waals surface area contributed by atoms with Gasteiger partial charge in [-0.25, -0.2) is 12.8 Å². The van der Waals surface area contributed by atoms with Gasteiger partial charge in [-0.2, -0.15) is 0 Å². The zero-order chi connectivity index (χ0) is 16.4. The third-order valence-electron chi connectivity index (χ3n) is 2.37. The molecule has 0 fully saturated rings. The van der Waals surface area contributed by atoms with Crippen LogP contribution >= 0.6 is 26.6 Å². The second-order valence-electron chi connectivity index (χ2n) is 4.32. The summed E-state index contributed by atoms with van der Waals surface area (Å²) in [6.07, 6.45) is 1.49. The van der Waals surface area contributed by atoms with Crippen molar-refractivity contribution in [2.45, 2.75) is 17.9 Å². The van der Waals surface area contributed by atoms with Crippen LogP contribution in [0.3, 0.4) is 0 Å². The van der Waals surface area contributed by atoms with Crippen LogP contribution in [0.25, 0.3) is 0 Å². The number of amides is 1. The highest BCUT2D eigenvalue weighted by atomic mass is 79.9. The van der Waals surface area contributed by atoms with Crippen LogP contribution in [-0.4, -0.2) is 36.6 Å². The van der Waals surface area contributed by atoms with Crippen molar-refractivity contribution in [1.82, 2.24) is 5.32 Å². The van der Waals surface area contributed by atoms with Crippen molar-refractivity contribution in [3.8, 4) is 0 Å². The van der Waals surface area contributed by atoms with Gasteiger partial charge in [0.15, 0.2) is 0 Å². The van der Waals surface area contributed by atoms with E-state index in [-0.39, 0.29) is 15.8 Å². The number of rotatable bonds is 5. The van der Waals surface area contributed by atoms with Crippen molar-refractivity contribution in [2.75, 3.05) is 12.0 Å². The molecule has 0 aliphatic heterocycles. The van der Waals surface area contributed by atoms with Crippen LogP contribution in [0.2, 0.25) is 0 Å². The van der Waals surface area contributed by atoms with Gasteiger partial charge in [0, 0.05) is 39.5 Å². The first kappa shape index (κ1) is 18.5. The fourth-order valence-corrected chi connectivity index (χ4v) is 4.66. The number of hydrogen-bond acceptors (Lipinski definition) is 4. The maximum Gasteiger partial charge on any atom is 0.262 e. The highest BCUT2D eigenvalue weighted by Gasteiger charge is 2.23. The summed E-state index contributed by atoms with van der Waals surface area (Å²) < 4.78 is 47.1. The van der Waals surface area contributed by atoms with E-state index < -0.39 is 42.5 Å². The number of benzene rings is 1. The van der Waals surface area contributed by atoms with Gasteiger partial charge < -0.3 is 5.32 Å². The summed E-state index contributed by atoms with van der Waals surface area (Å²) in [7, 11) is -0.126. The Balaban J connectivity index is 3.17. The first-order valence-electron chi connectivity index (χ1n) is 5.57. The molecule has 1 rings (SSSR count). The predicted octanol–water partition coefficient (Wildman–Crippen LogP) is 2.01. The van der Waals surface area contributed by atoms with Crippen molar-refractivity contribution in [3.63, 3.8) is 0 Å². The quantitative estimate of drug-likeness (QED) is 0.739. The lowest BCUT2D eigenvalue weighted by molar-refractivity contribution is 0.0942. The summed E-state index contributed by atoms with van der Waals surface area (Å²) >= 11 is 2.94. The number of nitrogens with one attached hydrogen (secondary N) is 1. The first-order chi connectivity index (χ1) is 9.52. The molecule has 1 amide bonds. The summed E-state index contributed by atoms with van der Waals surface area (Å²) in [5.41, 5.74) is -0.206. The SMILES string of the molecule is CC(CS(C)=O)NC(=O)c1cc(F)cc(S(=O)(=O)Cl)c1Br. The number of carbonyl (C=O) groups is 1. The Morgan fingerprint density at radius 3 is 2.57 bits per heavy atom. The van der Waals surface area contributed by atoms with Crippen LogP contribution in [0.15, 0.2) is 21.5 Å². The van der Waals surface area contributed by atoms with E-state index in [0.29, 0.717) is 6.07 Å². The fourth-order valence-electron chi connectivity index (χ4n) is 1.60. The Hall–Kier alpha value is -0.510. The summed E-state index contributed by atoms with van der Waals surface area (Å²) in [4.78, 5) is 11.5. The van der Waals surface area contributed by atoms with E-state index in [1.807, 2.05) is 0 Å². The Morgan fingerprint density at radius 2 is 2.10 bits per heavy atom. The van der Waals surface area contributed by atoms with Crippen molar-refractivity contribution < 1.29 is 21.8 Å². The molecular formula is C11H12BrClFNO4S2. The van der Waals surface area contributed by atoms with Gasteiger partial charge >= 0.3 is 0 Å². The Morgan fingerprint density at radius 1 is 1.52 bits per heavy atom. The average molecular weight is 421 g/mol. The fraction of sp³-hybridized carbons (Fsp3) is 0.364. The van der Waals surface area contributed by atoms with E-state index in [4.69, 9.17) is 10.7 Å². The molecule has 118 valence electrons. The summed E-state index contributed by atoms with van der Waals surface area (Å²) in [6, 6.07) is 1.18.